The Kier molecular flexibility index (Phi) is 3.93. The van der Waals surface area contributed by atoms with Gasteiger partial charge in [-0.1, -0.05) is 19.1 Å². The summed E-state index contributed by atoms with van der Waals surface area (Å²) in [4.78, 5) is 0.246. The van der Waals surface area contributed by atoms with E-state index in [1.807, 2.05) is 6.92 Å². The molecule has 5 heteroatoms. The van der Waals surface area contributed by atoms with Crippen LogP contribution in [0.25, 0.3) is 0 Å². The third-order valence-corrected chi connectivity index (χ3v) is 3.66. The highest BCUT2D eigenvalue weighted by Crippen LogP contribution is 2.31. The summed E-state index contributed by atoms with van der Waals surface area (Å²) in [6, 6.07) is 5.19. The number of rotatable bonds is 4. The van der Waals surface area contributed by atoms with E-state index in [0.717, 1.165) is 0 Å². The molecule has 1 rings (SSSR count). The van der Waals surface area contributed by atoms with Crippen molar-refractivity contribution in [3.8, 4) is 5.75 Å². The Hall–Kier alpha value is -1.07. The number of nitrogens with two attached hydrogens (primary N) is 1. The first kappa shape index (κ1) is 13.0. The molecule has 0 saturated carbocycles. The standard InChI is InChI=1S/C11H17NO3S/c1-8(7-12)9-5-4-6-10(15-2)11(9)16(3,13)14/h4-6,8H,7,12H2,1-3H3. The fourth-order valence-corrected chi connectivity index (χ4v) is 2.82. The fourth-order valence-electron chi connectivity index (χ4n) is 1.61. The van der Waals surface area contributed by atoms with E-state index in [1.54, 1.807) is 18.2 Å². The molecule has 0 aliphatic carbocycles. The first-order valence-electron chi connectivity index (χ1n) is 4.98. The van der Waals surface area contributed by atoms with E-state index < -0.39 is 9.84 Å². The smallest absolute Gasteiger partial charge is 0.179 e. The van der Waals surface area contributed by atoms with Crippen molar-refractivity contribution in [2.24, 2.45) is 5.73 Å². The lowest BCUT2D eigenvalue weighted by atomic mass is 10.0. The Morgan fingerprint density at radius 2 is 2.06 bits per heavy atom. The average molecular weight is 243 g/mol. The molecule has 0 radical (unpaired) electrons. The predicted molar refractivity (Wildman–Crippen MR) is 63.6 cm³/mol. The Labute approximate surface area is 96.3 Å². The lowest BCUT2D eigenvalue weighted by molar-refractivity contribution is 0.401. The molecule has 90 valence electrons. The zero-order chi connectivity index (χ0) is 12.3. The maximum atomic E-state index is 11.7. The van der Waals surface area contributed by atoms with Crippen LogP contribution in [0.3, 0.4) is 0 Å². The maximum absolute atomic E-state index is 11.7. The molecule has 4 nitrogen and oxygen atoms in total. The van der Waals surface area contributed by atoms with Crippen molar-refractivity contribution < 1.29 is 13.2 Å². The van der Waals surface area contributed by atoms with Crippen LogP contribution in [-0.4, -0.2) is 28.3 Å². The largest absolute Gasteiger partial charge is 0.495 e. The molecule has 16 heavy (non-hydrogen) atoms. The molecule has 0 heterocycles. The van der Waals surface area contributed by atoms with E-state index in [2.05, 4.69) is 0 Å². The Morgan fingerprint density at radius 3 is 2.50 bits per heavy atom. The molecule has 1 aromatic carbocycles. The van der Waals surface area contributed by atoms with E-state index in [0.29, 0.717) is 17.9 Å². The normalized spacial score (nSPS) is 13.5. The minimum absolute atomic E-state index is 0.0141. The second kappa shape index (κ2) is 4.84. The fraction of sp³-hybridized carbons (Fsp3) is 0.455. The number of sulfone groups is 1. The van der Waals surface area contributed by atoms with Gasteiger partial charge in [-0.3, -0.25) is 0 Å². The molecule has 1 atom stereocenters. The highest BCUT2D eigenvalue weighted by Gasteiger charge is 2.21. The van der Waals surface area contributed by atoms with Crippen LogP contribution in [0.5, 0.6) is 5.75 Å². The van der Waals surface area contributed by atoms with Gasteiger partial charge in [0, 0.05) is 6.26 Å². The number of hydrogen-bond donors (Lipinski definition) is 1. The Balaban J connectivity index is 3.50. The molecule has 1 unspecified atom stereocenters. The lowest BCUT2D eigenvalue weighted by Gasteiger charge is -2.16. The van der Waals surface area contributed by atoms with Gasteiger partial charge in [0.15, 0.2) is 9.84 Å². The first-order chi connectivity index (χ1) is 7.41. The average Bonchev–Trinajstić information content (AvgIpc) is 2.25. The summed E-state index contributed by atoms with van der Waals surface area (Å²) >= 11 is 0. The highest BCUT2D eigenvalue weighted by molar-refractivity contribution is 7.90. The Morgan fingerprint density at radius 1 is 1.44 bits per heavy atom. The summed E-state index contributed by atoms with van der Waals surface area (Å²) in [6.45, 7) is 2.29. The van der Waals surface area contributed by atoms with Gasteiger partial charge in [-0.05, 0) is 24.1 Å². The molecule has 0 amide bonds. The summed E-state index contributed by atoms with van der Waals surface area (Å²) in [5, 5.41) is 0. The Bertz CT molecular complexity index is 468. The van der Waals surface area contributed by atoms with Gasteiger partial charge in [-0.2, -0.15) is 0 Å². The summed E-state index contributed by atoms with van der Waals surface area (Å²) < 4.78 is 28.6. The SMILES string of the molecule is COc1cccc(C(C)CN)c1S(C)(=O)=O. The zero-order valence-corrected chi connectivity index (χ0v) is 10.5. The molecular formula is C11H17NO3S. The summed E-state index contributed by atoms with van der Waals surface area (Å²) in [5.74, 6) is 0.361. The second-order valence-electron chi connectivity index (χ2n) is 3.79. The monoisotopic (exact) mass is 243 g/mol. The minimum atomic E-state index is -3.31. The van der Waals surface area contributed by atoms with E-state index in [-0.39, 0.29) is 10.8 Å². The van der Waals surface area contributed by atoms with Crippen LogP contribution in [0, 0.1) is 0 Å². The number of hydrogen-bond acceptors (Lipinski definition) is 4. The summed E-state index contributed by atoms with van der Waals surface area (Å²) in [5.41, 5.74) is 6.28. The highest BCUT2D eigenvalue weighted by atomic mass is 32.2. The van der Waals surface area contributed by atoms with Crippen LogP contribution in [0.15, 0.2) is 23.1 Å². The minimum Gasteiger partial charge on any atom is -0.495 e. The van der Waals surface area contributed by atoms with Crippen molar-refractivity contribution in [1.82, 2.24) is 0 Å². The van der Waals surface area contributed by atoms with Crippen molar-refractivity contribution in [2.75, 3.05) is 19.9 Å². The predicted octanol–water partition coefficient (Wildman–Crippen LogP) is 1.16. The molecular weight excluding hydrogens is 226 g/mol. The van der Waals surface area contributed by atoms with Crippen molar-refractivity contribution in [3.05, 3.63) is 23.8 Å². The van der Waals surface area contributed by atoms with Crippen molar-refractivity contribution >= 4 is 9.84 Å². The first-order valence-corrected chi connectivity index (χ1v) is 6.88. The van der Waals surface area contributed by atoms with Gasteiger partial charge in [-0.25, -0.2) is 8.42 Å². The van der Waals surface area contributed by atoms with Gasteiger partial charge in [0.2, 0.25) is 0 Å². The van der Waals surface area contributed by atoms with Crippen LogP contribution in [0.1, 0.15) is 18.4 Å². The molecule has 1 aromatic rings. The van der Waals surface area contributed by atoms with Crippen molar-refractivity contribution in [3.63, 3.8) is 0 Å². The molecule has 0 aliphatic rings. The third-order valence-electron chi connectivity index (χ3n) is 2.48. The maximum Gasteiger partial charge on any atom is 0.179 e. The molecule has 0 aliphatic heterocycles. The number of benzene rings is 1. The third kappa shape index (κ3) is 2.54. The van der Waals surface area contributed by atoms with E-state index >= 15 is 0 Å². The van der Waals surface area contributed by atoms with Gasteiger partial charge >= 0.3 is 0 Å². The van der Waals surface area contributed by atoms with E-state index in [9.17, 15) is 8.42 Å². The topological polar surface area (TPSA) is 69.4 Å². The van der Waals surface area contributed by atoms with Crippen LogP contribution >= 0.6 is 0 Å². The molecule has 0 saturated heterocycles. The van der Waals surface area contributed by atoms with Gasteiger partial charge in [-0.15, -0.1) is 0 Å². The molecule has 0 spiro atoms. The summed E-state index contributed by atoms with van der Waals surface area (Å²) in [7, 11) is -1.85. The van der Waals surface area contributed by atoms with Gasteiger partial charge < -0.3 is 10.5 Å². The van der Waals surface area contributed by atoms with Crippen molar-refractivity contribution in [2.45, 2.75) is 17.7 Å². The van der Waals surface area contributed by atoms with Gasteiger partial charge in [0.1, 0.15) is 10.6 Å². The molecule has 0 aromatic heterocycles. The van der Waals surface area contributed by atoms with Crippen LogP contribution in [0.2, 0.25) is 0 Å². The second-order valence-corrected chi connectivity index (χ2v) is 5.74. The number of ether oxygens (including phenoxy) is 1. The molecule has 0 bridgehead atoms. The van der Waals surface area contributed by atoms with E-state index in [4.69, 9.17) is 10.5 Å². The van der Waals surface area contributed by atoms with Crippen molar-refractivity contribution in [1.29, 1.82) is 0 Å². The molecule has 2 N–H and O–H groups in total. The van der Waals surface area contributed by atoms with E-state index in [1.165, 1.54) is 13.4 Å². The lowest BCUT2D eigenvalue weighted by Crippen LogP contribution is -2.13. The van der Waals surface area contributed by atoms with Crippen LogP contribution < -0.4 is 10.5 Å². The van der Waals surface area contributed by atoms with Gasteiger partial charge in [0.25, 0.3) is 0 Å². The van der Waals surface area contributed by atoms with Crippen LogP contribution in [0.4, 0.5) is 0 Å². The number of methoxy groups -OCH3 is 1. The quantitative estimate of drug-likeness (QED) is 0.861. The summed E-state index contributed by atoms with van der Waals surface area (Å²) in [6.07, 6.45) is 1.18. The molecule has 0 fully saturated rings. The van der Waals surface area contributed by atoms with Crippen LogP contribution in [-0.2, 0) is 9.84 Å². The van der Waals surface area contributed by atoms with Gasteiger partial charge in [0.05, 0.1) is 7.11 Å². The zero-order valence-electron chi connectivity index (χ0n) is 9.73.